The first-order valence-corrected chi connectivity index (χ1v) is 7.17. The van der Waals surface area contributed by atoms with Crippen LogP contribution in [0, 0.1) is 11.3 Å². The summed E-state index contributed by atoms with van der Waals surface area (Å²) >= 11 is 0. The molecule has 2 heterocycles. The van der Waals surface area contributed by atoms with Crippen LogP contribution in [0.3, 0.4) is 0 Å². The summed E-state index contributed by atoms with van der Waals surface area (Å²) in [6.45, 7) is 10.2. The van der Waals surface area contributed by atoms with E-state index in [1.165, 1.54) is 0 Å². The van der Waals surface area contributed by atoms with Crippen molar-refractivity contribution in [3.8, 4) is 0 Å². The van der Waals surface area contributed by atoms with E-state index in [1.54, 1.807) is 0 Å². The fraction of sp³-hybridized carbons (Fsp3) is 0.867. The van der Waals surface area contributed by atoms with E-state index in [4.69, 9.17) is 4.74 Å². The molecule has 1 spiro atoms. The summed E-state index contributed by atoms with van der Waals surface area (Å²) in [6.07, 6.45) is 2.89. The van der Waals surface area contributed by atoms with E-state index in [9.17, 15) is 9.59 Å². The molecule has 0 aromatic heterocycles. The van der Waals surface area contributed by atoms with Crippen molar-refractivity contribution in [1.82, 2.24) is 5.32 Å². The van der Waals surface area contributed by atoms with Crippen LogP contribution in [0.2, 0.25) is 0 Å². The van der Waals surface area contributed by atoms with E-state index in [0.29, 0.717) is 6.42 Å². The van der Waals surface area contributed by atoms with Crippen molar-refractivity contribution >= 4 is 11.8 Å². The van der Waals surface area contributed by atoms with Crippen molar-refractivity contribution in [2.24, 2.45) is 11.3 Å². The van der Waals surface area contributed by atoms with Crippen molar-refractivity contribution in [1.29, 1.82) is 0 Å². The van der Waals surface area contributed by atoms with Crippen molar-refractivity contribution in [3.63, 3.8) is 0 Å². The number of nitrogens with one attached hydrogen (secondary N) is 1. The monoisotopic (exact) mass is 267 g/mol. The molecular weight excluding hydrogens is 242 g/mol. The molecular formula is C15H25NO3. The Balaban J connectivity index is 2.47. The summed E-state index contributed by atoms with van der Waals surface area (Å²) in [5.41, 5.74) is -1.11. The third-order valence-corrected chi connectivity index (χ3v) is 4.77. The van der Waals surface area contributed by atoms with E-state index >= 15 is 0 Å². The van der Waals surface area contributed by atoms with Gasteiger partial charge in [-0.15, -0.1) is 0 Å². The highest BCUT2D eigenvalue weighted by molar-refractivity contribution is 6.00. The summed E-state index contributed by atoms with van der Waals surface area (Å²) < 4.78 is 6.17. The highest BCUT2D eigenvalue weighted by Gasteiger charge is 2.64. The SMILES string of the molecule is CCCC1C(=O)NC(=O)CC12CC(C)(C)OC2(C)C. The van der Waals surface area contributed by atoms with Gasteiger partial charge in [0, 0.05) is 17.8 Å². The van der Waals surface area contributed by atoms with Gasteiger partial charge in [-0.3, -0.25) is 14.9 Å². The number of amides is 2. The fourth-order valence-electron chi connectivity index (χ4n) is 4.24. The quantitative estimate of drug-likeness (QED) is 0.782. The average molecular weight is 267 g/mol. The maximum Gasteiger partial charge on any atom is 0.230 e. The van der Waals surface area contributed by atoms with Crippen molar-refractivity contribution < 1.29 is 14.3 Å². The minimum Gasteiger partial charge on any atom is -0.369 e. The second-order valence-corrected chi connectivity index (χ2v) is 7.14. The minimum absolute atomic E-state index is 0.118. The number of carbonyl (C=O) groups excluding carboxylic acids is 2. The van der Waals surface area contributed by atoms with Crippen LogP contribution < -0.4 is 5.32 Å². The molecule has 1 N–H and O–H groups in total. The Hall–Kier alpha value is -0.900. The van der Waals surface area contributed by atoms with Gasteiger partial charge >= 0.3 is 0 Å². The number of imide groups is 1. The van der Waals surface area contributed by atoms with Gasteiger partial charge < -0.3 is 4.74 Å². The first kappa shape index (κ1) is 14.5. The predicted molar refractivity (Wildman–Crippen MR) is 72.5 cm³/mol. The molecule has 4 nitrogen and oxygen atoms in total. The number of piperidine rings is 1. The van der Waals surface area contributed by atoms with Gasteiger partial charge in [0.15, 0.2) is 0 Å². The zero-order valence-corrected chi connectivity index (χ0v) is 12.6. The Morgan fingerprint density at radius 1 is 1.26 bits per heavy atom. The molecule has 0 aliphatic carbocycles. The normalized spacial score (nSPS) is 36.6. The lowest BCUT2D eigenvalue weighted by Crippen LogP contribution is -2.58. The Morgan fingerprint density at radius 2 is 1.89 bits per heavy atom. The lowest BCUT2D eigenvalue weighted by atomic mass is 9.58. The van der Waals surface area contributed by atoms with Gasteiger partial charge in [-0.2, -0.15) is 0 Å². The van der Waals surface area contributed by atoms with E-state index < -0.39 is 5.60 Å². The van der Waals surface area contributed by atoms with Crippen LogP contribution in [0.5, 0.6) is 0 Å². The Morgan fingerprint density at radius 3 is 2.37 bits per heavy atom. The van der Waals surface area contributed by atoms with Gasteiger partial charge in [0.2, 0.25) is 11.8 Å². The minimum atomic E-state index is -0.455. The Labute approximate surface area is 115 Å². The van der Waals surface area contributed by atoms with Crippen LogP contribution >= 0.6 is 0 Å². The standard InChI is InChI=1S/C15H25NO3/c1-6-7-10-12(18)16-11(17)8-15(10)9-13(2,3)19-14(15,4)5/h10H,6-9H2,1-5H3,(H,16,17,18). The molecule has 2 saturated heterocycles. The molecule has 0 aromatic rings. The third kappa shape index (κ3) is 2.20. The van der Waals surface area contributed by atoms with E-state index in [0.717, 1.165) is 19.3 Å². The topological polar surface area (TPSA) is 55.4 Å². The van der Waals surface area contributed by atoms with Gasteiger partial charge in [0.05, 0.1) is 11.2 Å². The molecule has 19 heavy (non-hydrogen) atoms. The number of rotatable bonds is 2. The maximum atomic E-state index is 12.3. The van der Waals surface area contributed by atoms with Gasteiger partial charge in [0.1, 0.15) is 0 Å². The largest absolute Gasteiger partial charge is 0.369 e. The van der Waals surface area contributed by atoms with Crippen molar-refractivity contribution in [2.75, 3.05) is 0 Å². The van der Waals surface area contributed by atoms with Crippen LogP contribution in [-0.4, -0.2) is 23.0 Å². The molecule has 2 atom stereocenters. The van der Waals surface area contributed by atoms with Crippen LogP contribution in [0.25, 0.3) is 0 Å². The summed E-state index contributed by atoms with van der Waals surface area (Å²) in [5, 5.41) is 2.50. The zero-order chi connectivity index (χ0) is 14.5. The highest BCUT2D eigenvalue weighted by Crippen LogP contribution is 2.59. The van der Waals surface area contributed by atoms with E-state index in [-0.39, 0.29) is 28.7 Å². The number of ether oxygens (including phenoxy) is 1. The van der Waals surface area contributed by atoms with E-state index in [2.05, 4.69) is 12.2 Å². The molecule has 4 heteroatoms. The molecule has 2 unspecified atom stereocenters. The zero-order valence-electron chi connectivity index (χ0n) is 12.6. The highest BCUT2D eigenvalue weighted by atomic mass is 16.5. The molecule has 0 saturated carbocycles. The first-order chi connectivity index (χ1) is 8.63. The summed E-state index contributed by atoms with van der Waals surface area (Å²) in [7, 11) is 0. The molecule has 2 amide bonds. The predicted octanol–water partition coefficient (Wildman–Crippen LogP) is 2.41. The van der Waals surface area contributed by atoms with Crippen LogP contribution in [0.1, 0.15) is 60.3 Å². The lowest BCUT2D eigenvalue weighted by Gasteiger charge is -2.47. The summed E-state index contributed by atoms with van der Waals surface area (Å²) in [5.74, 6) is -0.411. The maximum absolute atomic E-state index is 12.3. The average Bonchev–Trinajstić information content (AvgIpc) is 2.37. The fourth-order valence-corrected chi connectivity index (χ4v) is 4.24. The molecule has 0 radical (unpaired) electrons. The van der Waals surface area contributed by atoms with E-state index in [1.807, 2.05) is 27.7 Å². The van der Waals surface area contributed by atoms with Crippen LogP contribution in [-0.2, 0) is 14.3 Å². The number of carbonyl (C=O) groups is 2. The second-order valence-electron chi connectivity index (χ2n) is 7.14. The van der Waals surface area contributed by atoms with Gasteiger partial charge in [-0.25, -0.2) is 0 Å². The smallest absolute Gasteiger partial charge is 0.230 e. The molecule has 108 valence electrons. The molecule has 2 rings (SSSR count). The van der Waals surface area contributed by atoms with Crippen LogP contribution in [0.15, 0.2) is 0 Å². The van der Waals surface area contributed by atoms with Gasteiger partial charge in [-0.05, 0) is 40.5 Å². The lowest BCUT2D eigenvalue weighted by molar-refractivity contribution is -0.157. The van der Waals surface area contributed by atoms with Crippen LogP contribution in [0.4, 0.5) is 0 Å². The molecule has 2 aliphatic heterocycles. The van der Waals surface area contributed by atoms with Crippen molar-refractivity contribution in [3.05, 3.63) is 0 Å². The van der Waals surface area contributed by atoms with Crippen molar-refractivity contribution in [2.45, 2.75) is 71.5 Å². The molecule has 0 bridgehead atoms. The Bertz CT molecular complexity index is 414. The summed E-state index contributed by atoms with van der Waals surface area (Å²) in [4.78, 5) is 24.2. The molecule has 0 aromatic carbocycles. The second kappa shape index (κ2) is 4.30. The molecule has 2 fully saturated rings. The third-order valence-electron chi connectivity index (χ3n) is 4.77. The first-order valence-electron chi connectivity index (χ1n) is 7.17. The summed E-state index contributed by atoms with van der Waals surface area (Å²) in [6, 6.07) is 0. The molecule has 2 aliphatic rings. The Kier molecular flexibility index (Phi) is 3.28. The number of hydrogen-bond donors (Lipinski definition) is 1. The van der Waals surface area contributed by atoms with Gasteiger partial charge in [0.25, 0.3) is 0 Å². The van der Waals surface area contributed by atoms with Gasteiger partial charge in [-0.1, -0.05) is 13.3 Å². The number of hydrogen-bond acceptors (Lipinski definition) is 3.